The quantitative estimate of drug-likeness (QED) is 0.537. The van der Waals surface area contributed by atoms with E-state index in [9.17, 15) is 26.4 Å². The normalized spacial score (nSPS) is 15.7. The van der Waals surface area contributed by atoms with Gasteiger partial charge >= 0.3 is 0 Å². The van der Waals surface area contributed by atoms with Crippen LogP contribution < -0.4 is 0 Å². The molecule has 11 heteroatoms. The van der Waals surface area contributed by atoms with Crippen molar-refractivity contribution in [3.8, 4) is 0 Å². The van der Waals surface area contributed by atoms with E-state index < -0.39 is 32.4 Å². The van der Waals surface area contributed by atoms with Crippen molar-refractivity contribution in [2.45, 2.75) is 4.90 Å². The summed E-state index contributed by atoms with van der Waals surface area (Å²) in [7, 11) is -4.38. The zero-order valence-electron chi connectivity index (χ0n) is 15.2. The number of halogens is 4. The number of thiophene rings is 1. The molecular formula is C19H14ClF3N2O3S2. The highest BCUT2D eigenvalue weighted by Crippen LogP contribution is 2.36. The molecule has 1 saturated heterocycles. The molecule has 1 amide bonds. The van der Waals surface area contributed by atoms with Crippen LogP contribution in [0.1, 0.15) is 9.67 Å². The van der Waals surface area contributed by atoms with Crippen molar-refractivity contribution in [1.29, 1.82) is 0 Å². The summed E-state index contributed by atoms with van der Waals surface area (Å²) in [4.78, 5) is 13.8. The summed E-state index contributed by atoms with van der Waals surface area (Å²) < 4.78 is 67.7. The number of hydrogen-bond acceptors (Lipinski definition) is 4. The minimum Gasteiger partial charge on any atom is -0.335 e. The fraction of sp³-hybridized carbons (Fsp3) is 0.211. The highest BCUT2D eigenvalue weighted by molar-refractivity contribution is 7.89. The number of piperazine rings is 1. The zero-order chi connectivity index (χ0) is 21.6. The van der Waals surface area contributed by atoms with Crippen LogP contribution in [-0.2, 0) is 10.0 Å². The number of nitrogens with zero attached hydrogens (tertiary/aromatic N) is 2. The van der Waals surface area contributed by atoms with E-state index in [1.54, 1.807) is 0 Å². The van der Waals surface area contributed by atoms with Crippen molar-refractivity contribution in [1.82, 2.24) is 9.21 Å². The van der Waals surface area contributed by atoms with E-state index in [1.165, 1.54) is 16.2 Å². The number of sulfonamides is 1. The van der Waals surface area contributed by atoms with Gasteiger partial charge in [-0.3, -0.25) is 4.79 Å². The second-order valence-corrected chi connectivity index (χ2v) is 9.95. The molecule has 0 saturated carbocycles. The average Bonchev–Trinajstić information content (AvgIpc) is 3.08. The fourth-order valence-electron chi connectivity index (χ4n) is 3.27. The largest absolute Gasteiger partial charge is 0.335 e. The average molecular weight is 475 g/mol. The second kappa shape index (κ2) is 7.84. The van der Waals surface area contributed by atoms with Crippen molar-refractivity contribution in [2.75, 3.05) is 26.2 Å². The zero-order valence-corrected chi connectivity index (χ0v) is 17.6. The summed E-state index contributed by atoms with van der Waals surface area (Å²) in [6.07, 6.45) is 0. The third-order valence-electron chi connectivity index (χ3n) is 4.87. The molecule has 5 nitrogen and oxygen atoms in total. The first-order chi connectivity index (χ1) is 14.2. The van der Waals surface area contributed by atoms with Crippen LogP contribution in [0.4, 0.5) is 13.2 Å². The number of carbonyl (C=O) groups excluding carboxylic acids is 1. The number of amides is 1. The van der Waals surface area contributed by atoms with Gasteiger partial charge < -0.3 is 4.90 Å². The van der Waals surface area contributed by atoms with Gasteiger partial charge in [0.2, 0.25) is 10.0 Å². The molecule has 3 aromatic rings. The highest BCUT2D eigenvalue weighted by atomic mass is 35.5. The minimum atomic E-state index is -4.38. The summed E-state index contributed by atoms with van der Waals surface area (Å²) in [5, 5.41) is 1.11. The predicted octanol–water partition coefficient (Wildman–Crippen LogP) is 4.12. The van der Waals surface area contributed by atoms with E-state index in [0.29, 0.717) is 22.0 Å². The molecule has 1 fully saturated rings. The first kappa shape index (κ1) is 21.1. The van der Waals surface area contributed by atoms with E-state index in [0.717, 1.165) is 14.4 Å². The van der Waals surface area contributed by atoms with Crippen LogP contribution in [0.5, 0.6) is 0 Å². The van der Waals surface area contributed by atoms with E-state index in [-0.39, 0.29) is 32.1 Å². The molecule has 2 heterocycles. The van der Waals surface area contributed by atoms with Crippen molar-refractivity contribution in [2.24, 2.45) is 0 Å². The second-order valence-electron chi connectivity index (χ2n) is 6.61. The number of fused-ring (bicyclic) bond motifs is 1. The van der Waals surface area contributed by atoms with E-state index in [4.69, 9.17) is 11.6 Å². The number of carbonyl (C=O) groups is 1. The van der Waals surface area contributed by atoms with Gasteiger partial charge in [0.15, 0.2) is 17.5 Å². The van der Waals surface area contributed by atoms with Crippen LogP contribution in [-0.4, -0.2) is 49.7 Å². The molecule has 0 atom stereocenters. The maximum atomic E-state index is 14.0. The molecular weight excluding hydrogens is 461 g/mol. The Bertz CT molecular complexity index is 1260. The SMILES string of the molecule is O=C(c1sc2ccccc2c1Cl)N1CCN(S(=O)(=O)c2ccc(F)c(F)c2F)CC1. The van der Waals surface area contributed by atoms with Crippen molar-refractivity contribution >= 4 is 49.0 Å². The summed E-state index contributed by atoms with van der Waals surface area (Å²) in [6.45, 7) is -0.133. The minimum absolute atomic E-state index is 0.0495. The topological polar surface area (TPSA) is 57.7 Å². The summed E-state index contributed by atoms with van der Waals surface area (Å²) >= 11 is 7.60. The van der Waals surface area contributed by atoms with E-state index in [2.05, 4.69) is 0 Å². The van der Waals surface area contributed by atoms with Crippen molar-refractivity contribution < 1.29 is 26.4 Å². The lowest BCUT2D eigenvalue weighted by atomic mass is 10.2. The van der Waals surface area contributed by atoms with Crippen LogP contribution in [0, 0.1) is 17.5 Å². The Morgan fingerprint density at radius 3 is 2.30 bits per heavy atom. The third-order valence-corrected chi connectivity index (χ3v) is 8.45. The Morgan fingerprint density at radius 2 is 1.63 bits per heavy atom. The van der Waals surface area contributed by atoms with Gasteiger partial charge in [-0.25, -0.2) is 21.6 Å². The van der Waals surface area contributed by atoms with E-state index >= 15 is 0 Å². The molecule has 0 spiro atoms. The van der Waals surface area contributed by atoms with Gasteiger partial charge in [0, 0.05) is 36.3 Å². The molecule has 0 bridgehead atoms. The van der Waals surface area contributed by atoms with Gasteiger partial charge in [-0.1, -0.05) is 29.8 Å². The van der Waals surface area contributed by atoms with Crippen LogP contribution in [0.3, 0.4) is 0 Å². The van der Waals surface area contributed by atoms with Crippen LogP contribution >= 0.6 is 22.9 Å². The standard InChI is InChI=1S/C19H14ClF3N2O3S2/c20-15-11-3-1-2-4-13(11)29-18(15)19(26)24-7-9-25(10-8-24)30(27,28)14-6-5-12(21)16(22)17(14)23/h1-6H,7-10H2. The third kappa shape index (κ3) is 3.47. The van der Waals surface area contributed by atoms with Gasteiger partial charge in [0.25, 0.3) is 5.91 Å². The molecule has 0 aliphatic carbocycles. The first-order valence-corrected chi connectivity index (χ1v) is 11.4. The molecule has 1 aliphatic heterocycles. The fourth-order valence-corrected chi connectivity index (χ4v) is 6.23. The van der Waals surface area contributed by atoms with Crippen molar-refractivity contribution in [3.63, 3.8) is 0 Å². The van der Waals surface area contributed by atoms with Crippen LogP contribution in [0.25, 0.3) is 10.1 Å². The first-order valence-electron chi connectivity index (χ1n) is 8.81. The summed E-state index contributed by atoms with van der Waals surface area (Å²) in [5.74, 6) is -5.39. The molecule has 30 heavy (non-hydrogen) atoms. The van der Waals surface area contributed by atoms with Crippen LogP contribution in [0.2, 0.25) is 5.02 Å². The number of rotatable bonds is 3. The summed E-state index contributed by atoms with van der Waals surface area (Å²) in [5.41, 5.74) is 0. The molecule has 4 rings (SSSR count). The Kier molecular flexibility index (Phi) is 5.52. The Labute approximate surface area is 179 Å². The monoisotopic (exact) mass is 474 g/mol. The molecule has 2 aromatic carbocycles. The lowest BCUT2D eigenvalue weighted by molar-refractivity contribution is 0.0703. The molecule has 0 unspecified atom stereocenters. The van der Waals surface area contributed by atoms with Crippen LogP contribution in [0.15, 0.2) is 41.3 Å². The van der Waals surface area contributed by atoms with Gasteiger partial charge in [-0.15, -0.1) is 11.3 Å². The Morgan fingerprint density at radius 1 is 0.967 bits per heavy atom. The maximum Gasteiger partial charge on any atom is 0.265 e. The van der Waals surface area contributed by atoms with Gasteiger partial charge in [-0.2, -0.15) is 4.31 Å². The molecule has 158 valence electrons. The smallest absolute Gasteiger partial charge is 0.265 e. The maximum absolute atomic E-state index is 14.0. The van der Waals surface area contributed by atoms with Gasteiger partial charge in [-0.05, 0) is 18.2 Å². The number of hydrogen-bond donors (Lipinski definition) is 0. The summed E-state index contributed by atoms with van der Waals surface area (Å²) in [6, 6.07) is 8.57. The lowest BCUT2D eigenvalue weighted by Gasteiger charge is -2.33. The predicted molar refractivity (Wildman–Crippen MR) is 108 cm³/mol. The molecule has 0 N–H and O–H groups in total. The number of benzene rings is 2. The lowest BCUT2D eigenvalue weighted by Crippen LogP contribution is -2.50. The van der Waals surface area contributed by atoms with Gasteiger partial charge in [0.05, 0.1) is 5.02 Å². The van der Waals surface area contributed by atoms with Gasteiger partial charge in [0.1, 0.15) is 9.77 Å². The molecule has 1 aromatic heterocycles. The molecule has 1 aliphatic rings. The van der Waals surface area contributed by atoms with Crippen molar-refractivity contribution in [3.05, 3.63) is 63.7 Å². The Balaban J connectivity index is 1.53. The highest BCUT2D eigenvalue weighted by Gasteiger charge is 2.34. The Hall–Kier alpha value is -2.14. The van der Waals surface area contributed by atoms with E-state index in [1.807, 2.05) is 24.3 Å². The molecule has 0 radical (unpaired) electrons.